The third kappa shape index (κ3) is 6.19. The molecule has 0 aliphatic rings. The van der Waals surface area contributed by atoms with Gasteiger partial charge in [-0.1, -0.05) is 25.7 Å². The summed E-state index contributed by atoms with van der Waals surface area (Å²) in [6.07, 6.45) is -0.118. The van der Waals surface area contributed by atoms with E-state index in [9.17, 15) is 4.79 Å². The third-order valence-electron chi connectivity index (χ3n) is 2.45. The number of aliphatic hydroxyl groups excluding tert-OH is 1. The minimum Gasteiger partial charge on any atom is -0.495 e. The van der Waals surface area contributed by atoms with Crippen molar-refractivity contribution in [3.8, 4) is 17.6 Å². The summed E-state index contributed by atoms with van der Waals surface area (Å²) in [5, 5.41) is 11.4. The Bertz CT molecular complexity index is 529. The predicted octanol–water partition coefficient (Wildman–Crippen LogP) is 2.63. The van der Waals surface area contributed by atoms with Gasteiger partial charge < -0.3 is 14.6 Å². The van der Waals surface area contributed by atoms with Crippen molar-refractivity contribution in [1.29, 1.82) is 0 Å². The van der Waals surface area contributed by atoms with Crippen molar-refractivity contribution < 1.29 is 19.4 Å². The van der Waals surface area contributed by atoms with Gasteiger partial charge in [-0.05, 0) is 24.1 Å². The van der Waals surface area contributed by atoms with E-state index in [1.54, 1.807) is 18.2 Å². The van der Waals surface area contributed by atoms with Crippen LogP contribution in [-0.2, 0) is 4.74 Å². The molecule has 0 heterocycles. The van der Waals surface area contributed by atoms with Crippen LogP contribution in [0.4, 0.5) is 10.5 Å². The fraction of sp³-hybridized carbons (Fsp3) is 0.438. The molecule has 1 amide bonds. The summed E-state index contributed by atoms with van der Waals surface area (Å²) in [7, 11) is 1.52. The second kappa shape index (κ2) is 8.88. The predicted molar refractivity (Wildman–Crippen MR) is 81.4 cm³/mol. The molecule has 1 aromatic carbocycles. The maximum Gasteiger partial charge on any atom is 0.411 e. The van der Waals surface area contributed by atoms with Gasteiger partial charge in [-0.15, -0.1) is 0 Å². The molecule has 0 unspecified atom stereocenters. The van der Waals surface area contributed by atoms with Crippen LogP contribution in [-0.4, -0.2) is 31.5 Å². The molecule has 0 saturated heterocycles. The second-order valence-corrected chi connectivity index (χ2v) is 4.81. The maximum absolute atomic E-state index is 11.7. The van der Waals surface area contributed by atoms with E-state index in [-0.39, 0.29) is 12.5 Å². The van der Waals surface area contributed by atoms with Gasteiger partial charge in [0.15, 0.2) is 0 Å². The summed E-state index contributed by atoms with van der Waals surface area (Å²) < 4.78 is 10.3. The van der Waals surface area contributed by atoms with Gasteiger partial charge in [-0.3, -0.25) is 5.32 Å². The number of hydrogen-bond acceptors (Lipinski definition) is 4. The zero-order valence-corrected chi connectivity index (χ0v) is 12.6. The molecule has 0 spiro atoms. The molecule has 0 saturated carbocycles. The van der Waals surface area contributed by atoms with Gasteiger partial charge in [-0.25, -0.2) is 4.79 Å². The Morgan fingerprint density at radius 3 is 2.81 bits per heavy atom. The largest absolute Gasteiger partial charge is 0.495 e. The number of rotatable bonds is 5. The average Bonchev–Trinajstić information content (AvgIpc) is 2.46. The maximum atomic E-state index is 11.7. The molecule has 0 aromatic heterocycles. The van der Waals surface area contributed by atoms with Crippen LogP contribution in [0.15, 0.2) is 18.2 Å². The van der Waals surface area contributed by atoms with E-state index in [0.29, 0.717) is 24.5 Å². The Morgan fingerprint density at radius 1 is 1.43 bits per heavy atom. The summed E-state index contributed by atoms with van der Waals surface area (Å²) in [6, 6.07) is 5.22. The van der Waals surface area contributed by atoms with Crippen LogP contribution in [0.1, 0.15) is 25.8 Å². The average molecular weight is 291 g/mol. The van der Waals surface area contributed by atoms with Gasteiger partial charge in [-0.2, -0.15) is 0 Å². The summed E-state index contributed by atoms with van der Waals surface area (Å²) in [6.45, 7) is 4.30. The number of ether oxygens (including phenoxy) is 2. The van der Waals surface area contributed by atoms with Crippen molar-refractivity contribution in [3.05, 3.63) is 23.8 Å². The summed E-state index contributed by atoms with van der Waals surface area (Å²) >= 11 is 0. The lowest BCUT2D eigenvalue weighted by Crippen LogP contribution is -2.17. The van der Waals surface area contributed by atoms with Crippen LogP contribution in [0.5, 0.6) is 5.75 Å². The Hall–Kier alpha value is -2.19. The first-order valence-corrected chi connectivity index (χ1v) is 6.78. The Balaban J connectivity index is 2.81. The zero-order chi connectivity index (χ0) is 15.7. The number of aliphatic hydroxyl groups is 1. The lowest BCUT2D eigenvalue weighted by atomic mass is 10.2. The highest BCUT2D eigenvalue weighted by atomic mass is 16.5. The van der Waals surface area contributed by atoms with Crippen molar-refractivity contribution >= 4 is 11.8 Å². The summed E-state index contributed by atoms with van der Waals surface area (Å²) in [5.74, 6) is 6.53. The number of carbonyl (C=O) groups excluding carboxylic acids is 1. The molecule has 5 nitrogen and oxygen atoms in total. The van der Waals surface area contributed by atoms with Gasteiger partial charge in [0, 0.05) is 12.0 Å². The van der Waals surface area contributed by atoms with Crippen molar-refractivity contribution in [1.82, 2.24) is 0 Å². The van der Waals surface area contributed by atoms with Crippen LogP contribution in [0.2, 0.25) is 0 Å². The molecule has 114 valence electrons. The van der Waals surface area contributed by atoms with Crippen LogP contribution >= 0.6 is 0 Å². The zero-order valence-electron chi connectivity index (χ0n) is 12.6. The Morgan fingerprint density at radius 2 is 2.19 bits per heavy atom. The first kappa shape index (κ1) is 16.9. The highest BCUT2D eigenvalue weighted by Crippen LogP contribution is 2.25. The van der Waals surface area contributed by atoms with Crippen LogP contribution in [0.25, 0.3) is 0 Å². The molecule has 21 heavy (non-hydrogen) atoms. The van der Waals surface area contributed by atoms with Crippen LogP contribution in [0, 0.1) is 17.8 Å². The van der Waals surface area contributed by atoms with Crippen LogP contribution in [0.3, 0.4) is 0 Å². The monoisotopic (exact) mass is 291 g/mol. The minimum absolute atomic E-state index is 0.0236. The molecule has 0 bridgehead atoms. The molecule has 1 aromatic rings. The normalized spacial score (nSPS) is 9.76. The fourth-order valence-corrected chi connectivity index (χ4v) is 1.49. The number of nitrogens with one attached hydrogen (secondary N) is 1. The van der Waals surface area contributed by atoms with Crippen molar-refractivity contribution in [2.75, 3.05) is 25.6 Å². The van der Waals surface area contributed by atoms with Gasteiger partial charge in [0.05, 0.1) is 26.0 Å². The molecule has 1 rings (SSSR count). The van der Waals surface area contributed by atoms with E-state index in [1.165, 1.54) is 7.11 Å². The van der Waals surface area contributed by atoms with Gasteiger partial charge in [0.25, 0.3) is 0 Å². The topological polar surface area (TPSA) is 67.8 Å². The van der Waals surface area contributed by atoms with E-state index in [0.717, 1.165) is 5.56 Å². The number of anilines is 1. The van der Waals surface area contributed by atoms with E-state index in [1.807, 2.05) is 13.8 Å². The minimum atomic E-state index is -0.525. The molecule has 0 atom stereocenters. The molecule has 5 heteroatoms. The van der Waals surface area contributed by atoms with Gasteiger partial charge >= 0.3 is 6.09 Å². The number of benzene rings is 1. The van der Waals surface area contributed by atoms with E-state index < -0.39 is 6.09 Å². The quantitative estimate of drug-likeness (QED) is 0.818. The molecule has 2 N–H and O–H groups in total. The lowest BCUT2D eigenvalue weighted by molar-refractivity contribution is 0.147. The first-order valence-electron chi connectivity index (χ1n) is 6.78. The van der Waals surface area contributed by atoms with E-state index in [4.69, 9.17) is 14.6 Å². The van der Waals surface area contributed by atoms with E-state index >= 15 is 0 Å². The second-order valence-electron chi connectivity index (χ2n) is 4.81. The third-order valence-corrected chi connectivity index (χ3v) is 2.45. The molecule has 0 fully saturated rings. The van der Waals surface area contributed by atoms with Gasteiger partial charge in [0.2, 0.25) is 0 Å². The van der Waals surface area contributed by atoms with Gasteiger partial charge in [0.1, 0.15) is 5.75 Å². The highest BCUT2D eigenvalue weighted by molar-refractivity contribution is 5.87. The van der Waals surface area contributed by atoms with E-state index in [2.05, 4.69) is 17.2 Å². The Labute approximate surface area is 125 Å². The number of hydrogen-bond donors (Lipinski definition) is 2. The highest BCUT2D eigenvalue weighted by Gasteiger charge is 2.09. The molecular formula is C16H21NO4. The lowest BCUT2D eigenvalue weighted by Gasteiger charge is -2.12. The summed E-state index contributed by atoms with van der Waals surface area (Å²) in [5.41, 5.74) is 1.23. The number of carbonyl (C=O) groups is 1. The molecule has 0 aliphatic heterocycles. The Kier molecular flexibility index (Phi) is 7.13. The fourth-order valence-electron chi connectivity index (χ4n) is 1.49. The SMILES string of the molecule is COc1ccc(C#CCCO)cc1NC(=O)OCC(C)C. The first-order chi connectivity index (χ1) is 10.1. The summed E-state index contributed by atoms with van der Waals surface area (Å²) in [4.78, 5) is 11.7. The number of methoxy groups -OCH3 is 1. The molecule has 0 aliphatic carbocycles. The number of amides is 1. The van der Waals surface area contributed by atoms with Crippen molar-refractivity contribution in [2.24, 2.45) is 5.92 Å². The van der Waals surface area contributed by atoms with Crippen molar-refractivity contribution in [2.45, 2.75) is 20.3 Å². The smallest absolute Gasteiger partial charge is 0.411 e. The van der Waals surface area contributed by atoms with Crippen molar-refractivity contribution in [3.63, 3.8) is 0 Å². The standard InChI is InChI=1S/C16H21NO4/c1-12(2)11-21-16(19)17-14-10-13(6-4-5-9-18)7-8-15(14)20-3/h7-8,10,12,18H,5,9,11H2,1-3H3,(H,17,19). The molecular weight excluding hydrogens is 270 g/mol. The van der Waals surface area contributed by atoms with Crippen LogP contribution < -0.4 is 10.1 Å². The molecule has 0 radical (unpaired) electrons.